The van der Waals surface area contributed by atoms with E-state index >= 15 is 0 Å². The zero-order valence-corrected chi connectivity index (χ0v) is 6.69. The molecule has 0 bridgehead atoms. The molecule has 1 aliphatic heterocycles. The summed E-state index contributed by atoms with van der Waals surface area (Å²) in [4.78, 5) is 0. The molecule has 0 aromatic rings. The van der Waals surface area contributed by atoms with Gasteiger partial charge in [0.05, 0.1) is 10.4 Å². The number of hydrogen-bond acceptors (Lipinski definition) is 2. The molecule has 2 atom stereocenters. The molecule has 2 unspecified atom stereocenters. The molecule has 1 heterocycles. The van der Waals surface area contributed by atoms with Gasteiger partial charge in [-0.3, -0.25) is 0 Å². The van der Waals surface area contributed by atoms with Crippen LogP contribution in [0.15, 0.2) is 0 Å². The van der Waals surface area contributed by atoms with Crippen LogP contribution in [-0.4, -0.2) is 14.9 Å². The third kappa shape index (κ3) is 1.72. The summed E-state index contributed by atoms with van der Waals surface area (Å²) in [5.41, 5.74) is 0. The van der Waals surface area contributed by atoms with Crippen molar-refractivity contribution in [3.8, 4) is 0 Å². The number of thioether (sulfide) groups is 1. The fourth-order valence-corrected chi connectivity index (χ4v) is 3.42. The van der Waals surface area contributed by atoms with Crippen LogP contribution in [0.1, 0.15) is 12.8 Å². The Morgan fingerprint density at radius 1 is 1.75 bits per heavy atom. The summed E-state index contributed by atoms with van der Waals surface area (Å²) in [6, 6.07) is 0. The molecule has 0 aromatic carbocycles. The van der Waals surface area contributed by atoms with Gasteiger partial charge in [0.2, 0.25) is 0 Å². The zero-order valence-electron chi connectivity index (χ0n) is 4.30. The Hall–Kier alpha value is 0.950. The quantitative estimate of drug-likeness (QED) is 0.560. The number of halogens is 1. The molecule has 4 heteroatoms. The largest absolute Gasteiger partial charge is 0.598 e. The summed E-state index contributed by atoms with van der Waals surface area (Å²) in [5, 5.41) is 0. The average molecular weight is 171 g/mol. The molecule has 0 amide bonds. The third-order valence-corrected chi connectivity index (χ3v) is 4.77. The predicted molar refractivity (Wildman–Crippen MR) is 39.5 cm³/mol. The molecule has 1 rings (SSSR count). The first-order valence-electron chi connectivity index (χ1n) is 2.49. The van der Waals surface area contributed by atoms with Crippen molar-refractivity contribution >= 4 is 32.8 Å². The molecular formula is C4H7ClOS2. The molecule has 8 heavy (non-hydrogen) atoms. The van der Waals surface area contributed by atoms with Crippen molar-refractivity contribution < 1.29 is 4.55 Å². The Bertz CT molecular complexity index is 72.4. The Labute approximate surface area is 60.9 Å². The highest BCUT2D eigenvalue weighted by atomic mass is 35.7. The molecule has 0 saturated carbocycles. The monoisotopic (exact) mass is 170 g/mol. The van der Waals surface area contributed by atoms with Gasteiger partial charge in [0.25, 0.3) is 0 Å². The first-order valence-corrected chi connectivity index (χ1v) is 5.58. The van der Waals surface area contributed by atoms with Gasteiger partial charge in [-0.2, -0.15) is 0 Å². The SMILES string of the molecule is [O-][S+](Cl)C1CCCS1. The van der Waals surface area contributed by atoms with Crippen LogP contribution in [0.5, 0.6) is 0 Å². The molecule has 0 aromatic heterocycles. The Morgan fingerprint density at radius 3 is 2.75 bits per heavy atom. The van der Waals surface area contributed by atoms with E-state index in [-0.39, 0.29) is 4.58 Å². The van der Waals surface area contributed by atoms with Crippen LogP contribution in [0.4, 0.5) is 0 Å². The van der Waals surface area contributed by atoms with Gasteiger partial charge in [0, 0.05) is 6.42 Å². The molecule has 0 aliphatic carbocycles. The summed E-state index contributed by atoms with van der Waals surface area (Å²) in [5.74, 6) is 1.13. The van der Waals surface area contributed by atoms with Crippen molar-refractivity contribution in [1.29, 1.82) is 0 Å². The van der Waals surface area contributed by atoms with Crippen molar-refractivity contribution in [2.45, 2.75) is 17.4 Å². The van der Waals surface area contributed by atoms with Crippen LogP contribution < -0.4 is 0 Å². The standard InChI is InChI=1S/C4H7ClOS2/c5-8(6)4-2-1-3-7-4/h4H,1-3H2. The van der Waals surface area contributed by atoms with Gasteiger partial charge in [0.15, 0.2) is 15.3 Å². The maximum absolute atomic E-state index is 10.5. The molecular weight excluding hydrogens is 164 g/mol. The molecule has 1 aliphatic rings. The summed E-state index contributed by atoms with van der Waals surface area (Å²) in [6.45, 7) is 0. The Kier molecular flexibility index (Phi) is 2.83. The van der Waals surface area contributed by atoms with Crippen LogP contribution in [-0.2, 0) is 10.4 Å². The van der Waals surface area contributed by atoms with Crippen LogP contribution in [0.3, 0.4) is 0 Å². The van der Waals surface area contributed by atoms with Crippen molar-refractivity contribution in [1.82, 2.24) is 0 Å². The molecule has 1 fully saturated rings. The van der Waals surface area contributed by atoms with E-state index in [1.54, 1.807) is 11.8 Å². The van der Waals surface area contributed by atoms with E-state index in [2.05, 4.69) is 0 Å². The Morgan fingerprint density at radius 2 is 2.50 bits per heavy atom. The summed E-state index contributed by atoms with van der Waals surface area (Å²) in [7, 11) is 4.23. The van der Waals surface area contributed by atoms with E-state index in [1.807, 2.05) is 0 Å². The van der Waals surface area contributed by atoms with E-state index in [0.29, 0.717) is 0 Å². The minimum absolute atomic E-state index is 0.219. The van der Waals surface area contributed by atoms with E-state index < -0.39 is 10.4 Å². The summed E-state index contributed by atoms with van der Waals surface area (Å²) < 4.78 is 10.7. The fourth-order valence-electron chi connectivity index (χ4n) is 0.694. The van der Waals surface area contributed by atoms with Gasteiger partial charge >= 0.3 is 0 Å². The van der Waals surface area contributed by atoms with Gasteiger partial charge in [-0.1, -0.05) is 0 Å². The van der Waals surface area contributed by atoms with E-state index in [1.165, 1.54) is 6.42 Å². The van der Waals surface area contributed by atoms with E-state index in [4.69, 9.17) is 10.7 Å². The molecule has 0 N–H and O–H groups in total. The van der Waals surface area contributed by atoms with Crippen LogP contribution in [0.25, 0.3) is 0 Å². The maximum atomic E-state index is 10.5. The lowest BCUT2D eigenvalue weighted by Gasteiger charge is -2.04. The normalized spacial score (nSPS) is 33.0. The minimum Gasteiger partial charge on any atom is -0.598 e. The van der Waals surface area contributed by atoms with Crippen molar-refractivity contribution in [2.24, 2.45) is 0 Å². The lowest BCUT2D eigenvalue weighted by molar-refractivity contribution is 0.604. The van der Waals surface area contributed by atoms with Crippen LogP contribution >= 0.6 is 22.4 Å². The molecule has 48 valence electrons. The van der Waals surface area contributed by atoms with E-state index in [9.17, 15) is 4.55 Å². The van der Waals surface area contributed by atoms with Crippen LogP contribution in [0, 0.1) is 0 Å². The average Bonchev–Trinajstić information content (AvgIpc) is 2.12. The predicted octanol–water partition coefficient (Wildman–Crippen LogP) is 1.74. The first-order chi connectivity index (χ1) is 3.80. The van der Waals surface area contributed by atoms with Gasteiger partial charge in [-0.05, 0) is 12.2 Å². The highest BCUT2D eigenvalue weighted by Gasteiger charge is 2.25. The summed E-state index contributed by atoms with van der Waals surface area (Å²) >= 11 is 1.72. The second-order valence-electron chi connectivity index (χ2n) is 1.69. The third-order valence-electron chi connectivity index (χ3n) is 1.09. The van der Waals surface area contributed by atoms with Crippen molar-refractivity contribution in [2.75, 3.05) is 5.75 Å². The highest BCUT2D eigenvalue weighted by Crippen LogP contribution is 2.32. The second-order valence-corrected chi connectivity index (χ2v) is 5.28. The molecule has 0 spiro atoms. The molecule has 0 radical (unpaired) electrons. The van der Waals surface area contributed by atoms with E-state index in [0.717, 1.165) is 12.2 Å². The number of hydrogen-bond donors (Lipinski definition) is 0. The van der Waals surface area contributed by atoms with Gasteiger partial charge in [-0.15, -0.1) is 11.8 Å². The Balaban J connectivity index is 2.24. The smallest absolute Gasteiger partial charge is 0.179 e. The molecule has 1 saturated heterocycles. The lowest BCUT2D eigenvalue weighted by Crippen LogP contribution is -2.06. The molecule has 1 nitrogen and oxygen atoms in total. The number of rotatable bonds is 1. The second kappa shape index (κ2) is 3.20. The van der Waals surface area contributed by atoms with Gasteiger partial charge < -0.3 is 4.55 Å². The topological polar surface area (TPSA) is 23.1 Å². The zero-order chi connectivity index (χ0) is 5.98. The minimum atomic E-state index is -1.11. The van der Waals surface area contributed by atoms with Gasteiger partial charge in [0.1, 0.15) is 0 Å². The van der Waals surface area contributed by atoms with Crippen LogP contribution in [0.2, 0.25) is 0 Å². The fraction of sp³-hybridized carbons (Fsp3) is 1.00. The first kappa shape index (κ1) is 7.06. The lowest BCUT2D eigenvalue weighted by atomic mass is 10.4. The van der Waals surface area contributed by atoms with Crippen molar-refractivity contribution in [3.05, 3.63) is 0 Å². The highest BCUT2D eigenvalue weighted by molar-refractivity contribution is 8.24. The summed E-state index contributed by atoms with van der Waals surface area (Å²) in [6.07, 6.45) is 2.20. The maximum Gasteiger partial charge on any atom is 0.179 e. The van der Waals surface area contributed by atoms with Gasteiger partial charge in [-0.25, -0.2) is 0 Å². The van der Waals surface area contributed by atoms with Crippen molar-refractivity contribution in [3.63, 3.8) is 0 Å².